The third-order valence-electron chi connectivity index (χ3n) is 6.50. The van der Waals surface area contributed by atoms with Gasteiger partial charge in [-0.3, -0.25) is 4.79 Å². The number of ketones is 1. The highest BCUT2D eigenvalue weighted by Gasteiger charge is 2.27. The van der Waals surface area contributed by atoms with Crippen molar-refractivity contribution in [2.75, 3.05) is 0 Å². The predicted molar refractivity (Wildman–Crippen MR) is 141 cm³/mol. The maximum atomic E-state index is 13.7. The van der Waals surface area contributed by atoms with Crippen LogP contribution in [-0.4, -0.2) is 5.78 Å². The summed E-state index contributed by atoms with van der Waals surface area (Å²) >= 11 is 0. The van der Waals surface area contributed by atoms with Crippen molar-refractivity contribution in [3.8, 4) is 0 Å². The first-order valence-corrected chi connectivity index (χ1v) is 11.6. The van der Waals surface area contributed by atoms with Crippen molar-refractivity contribution >= 4 is 33.3 Å². The van der Waals surface area contributed by atoms with Gasteiger partial charge in [0.25, 0.3) is 0 Å². The highest BCUT2D eigenvalue weighted by molar-refractivity contribution is 6.34. The van der Waals surface area contributed by atoms with E-state index in [0.717, 1.165) is 44.2 Å². The number of hydrogen-bond donors (Lipinski definition) is 0. The Hall–Kier alpha value is -4.56. The van der Waals surface area contributed by atoms with Crippen LogP contribution >= 0.6 is 0 Å². The van der Waals surface area contributed by atoms with Crippen LogP contribution in [0, 0.1) is 5.82 Å². The molecule has 0 atom stereocenters. The topological polar surface area (TPSA) is 17.1 Å². The summed E-state index contributed by atoms with van der Waals surface area (Å²) < 4.78 is 13.6. The lowest BCUT2D eigenvalue weighted by atomic mass is 9.89. The molecule has 0 N–H and O–H groups in total. The van der Waals surface area contributed by atoms with E-state index in [2.05, 4.69) is 48.5 Å². The average molecular weight is 453 g/mol. The number of carbonyl (C=O) groups excluding carboxylic acids is 1. The van der Waals surface area contributed by atoms with Crippen LogP contribution < -0.4 is 0 Å². The first-order valence-electron chi connectivity index (χ1n) is 11.6. The molecule has 0 aliphatic heterocycles. The van der Waals surface area contributed by atoms with E-state index in [9.17, 15) is 9.18 Å². The van der Waals surface area contributed by atoms with Crippen LogP contribution in [0.3, 0.4) is 0 Å². The van der Waals surface area contributed by atoms with Gasteiger partial charge in [0.15, 0.2) is 5.78 Å². The molecule has 1 nitrogen and oxygen atoms in total. The second kappa shape index (κ2) is 8.66. The van der Waals surface area contributed by atoms with Gasteiger partial charge in [-0.2, -0.15) is 0 Å². The van der Waals surface area contributed by atoms with Gasteiger partial charge in [-0.25, -0.2) is 4.39 Å². The molecule has 6 rings (SSSR count). The molecule has 166 valence electrons. The van der Waals surface area contributed by atoms with Crippen LogP contribution in [-0.2, 0) is 0 Å². The zero-order valence-corrected chi connectivity index (χ0v) is 18.9. The minimum Gasteiger partial charge on any atom is -0.289 e. The molecule has 0 unspecified atom stereocenters. The first-order chi connectivity index (χ1) is 17.2. The molecule has 0 saturated carbocycles. The molecule has 0 spiro atoms. The summed E-state index contributed by atoms with van der Waals surface area (Å²) in [6.45, 7) is 0. The predicted octanol–water partition coefficient (Wildman–Crippen LogP) is 8.22. The molecule has 5 aromatic carbocycles. The van der Waals surface area contributed by atoms with Crippen molar-refractivity contribution in [1.29, 1.82) is 0 Å². The standard InChI is InChI=1S/C33H21FO/c34-27-17-15-24(16-18-27)33(35)31-21-30(28-19-25-13-7-8-14-26(25)20-29(28)31)32(22-9-3-1-4-10-22)23-11-5-2-6-12-23/h1-21H. The van der Waals surface area contributed by atoms with Gasteiger partial charge in [0.2, 0.25) is 0 Å². The first kappa shape index (κ1) is 21.0. The van der Waals surface area contributed by atoms with Crippen LogP contribution in [0.1, 0.15) is 32.6 Å². The fourth-order valence-corrected chi connectivity index (χ4v) is 4.82. The van der Waals surface area contributed by atoms with E-state index in [0.29, 0.717) is 11.1 Å². The Kier molecular flexibility index (Phi) is 5.20. The highest BCUT2D eigenvalue weighted by atomic mass is 19.1. The van der Waals surface area contributed by atoms with E-state index in [-0.39, 0.29) is 11.6 Å². The molecule has 1 aliphatic carbocycles. The van der Waals surface area contributed by atoms with Crippen molar-refractivity contribution in [2.24, 2.45) is 0 Å². The van der Waals surface area contributed by atoms with Crippen LogP contribution in [0.5, 0.6) is 0 Å². The summed E-state index contributed by atoms with van der Waals surface area (Å²) in [6, 6.07) is 38.8. The van der Waals surface area contributed by atoms with E-state index >= 15 is 0 Å². The van der Waals surface area contributed by atoms with E-state index in [4.69, 9.17) is 0 Å². The Balaban J connectivity index is 1.66. The molecule has 0 heterocycles. The van der Waals surface area contributed by atoms with Gasteiger partial charge < -0.3 is 0 Å². The fraction of sp³-hybridized carbons (Fsp3) is 0. The van der Waals surface area contributed by atoms with Crippen LogP contribution in [0.2, 0.25) is 0 Å². The Bertz CT molecular complexity index is 1580. The number of benzene rings is 5. The lowest BCUT2D eigenvalue weighted by Gasteiger charge is -2.14. The third-order valence-corrected chi connectivity index (χ3v) is 6.50. The lowest BCUT2D eigenvalue weighted by Crippen LogP contribution is -2.01. The Morgan fingerprint density at radius 1 is 0.543 bits per heavy atom. The molecule has 0 aromatic heterocycles. The zero-order chi connectivity index (χ0) is 23.8. The monoisotopic (exact) mass is 452 g/mol. The number of halogens is 1. The maximum Gasteiger partial charge on any atom is 0.193 e. The Morgan fingerprint density at radius 3 is 1.63 bits per heavy atom. The average Bonchev–Trinajstić information content (AvgIpc) is 3.27. The molecule has 35 heavy (non-hydrogen) atoms. The van der Waals surface area contributed by atoms with Crippen molar-refractivity contribution < 1.29 is 9.18 Å². The number of fused-ring (bicyclic) bond motifs is 2. The Labute approximate surface area is 203 Å². The largest absolute Gasteiger partial charge is 0.289 e. The summed E-state index contributed by atoms with van der Waals surface area (Å²) in [5.41, 5.74) is 7.27. The second-order valence-electron chi connectivity index (χ2n) is 8.66. The summed E-state index contributed by atoms with van der Waals surface area (Å²) in [7, 11) is 0. The summed E-state index contributed by atoms with van der Waals surface area (Å²) in [5, 5.41) is 2.19. The van der Waals surface area contributed by atoms with Gasteiger partial charge in [-0.1, -0.05) is 84.9 Å². The molecular formula is C33H21FO. The van der Waals surface area contributed by atoms with Crippen molar-refractivity contribution in [1.82, 2.24) is 0 Å². The van der Waals surface area contributed by atoms with Crippen molar-refractivity contribution in [3.05, 3.63) is 161 Å². The SMILES string of the molecule is O=C(C1=CC(=C(c2ccccc2)c2ccccc2)c2cc3ccccc3cc21)c1ccc(F)cc1. The molecule has 0 saturated heterocycles. The molecule has 0 radical (unpaired) electrons. The number of carbonyl (C=O) groups is 1. The second-order valence-corrected chi connectivity index (χ2v) is 8.66. The minimum absolute atomic E-state index is 0.114. The summed E-state index contributed by atoms with van der Waals surface area (Å²) in [4.78, 5) is 13.7. The van der Waals surface area contributed by atoms with Crippen molar-refractivity contribution in [3.63, 3.8) is 0 Å². The van der Waals surface area contributed by atoms with Gasteiger partial charge in [0.1, 0.15) is 5.82 Å². The van der Waals surface area contributed by atoms with Crippen LogP contribution in [0.4, 0.5) is 4.39 Å². The number of hydrogen-bond acceptors (Lipinski definition) is 1. The third kappa shape index (κ3) is 3.79. The van der Waals surface area contributed by atoms with Gasteiger partial charge in [-0.05, 0) is 86.6 Å². The van der Waals surface area contributed by atoms with Gasteiger partial charge in [0, 0.05) is 11.1 Å². The van der Waals surface area contributed by atoms with E-state index in [1.165, 1.54) is 12.1 Å². The van der Waals surface area contributed by atoms with Gasteiger partial charge in [0.05, 0.1) is 0 Å². The molecule has 0 bridgehead atoms. The highest BCUT2D eigenvalue weighted by Crippen LogP contribution is 2.44. The smallest absolute Gasteiger partial charge is 0.193 e. The summed E-state index contributed by atoms with van der Waals surface area (Å²) in [6.07, 6.45) is 2.00. The quantitative estimate of drug-likeness (QED) is 0.251. The normalized spacial score (nSPS) is 12.4. The minimum atomic E-state index is -0.357. The number of allylic oxidation sites excluding steroid dienone is 3. The molecular weight excluding hydrogens is 431 g/mol. The molecule has 5 aromatic rings. The molecule has 1 aliphatic rings. The van der Waals surface area contributed by atoms with E-state index < -0.39 is 0 Å². The number of Topliss-reactive ketones (excluding diaryl/α,β-unsaturated/α-hetero) is 1. The van der Waals surface area contributed by atoms with E-state index in [1.807, 2.05) is 54.6 Å². The summed E-state index contributed by atoms with van der Waals surface area (Å²) in [5.74, 6) is -0.471. The van der Waals surface area contributed by atoms with Gasteiger partial charge in [-0.15, -0.1) is 0 Å². The van der Waals surface area contributed by atoms with Crippen LogP contribution in [0.25, 0.3) is 27.5 Å². The maximum absolute atomic E-state index is 13.7. The lowest BCUT2D eigenvalue weighted by molar-refractivity contribution is 0.105. The number of rotatable bonds is 4. The van der Waals surface area contributed by atoms with E-state index in [1.54, 1.807) is 12.1 Å². The van der Waals surface area contributed by atoms with Crippen molar-refractivity contribution in [2.45, 2.75) is 0 Å². The Morgan fingerprint density at radius 2 is 1.06 bits per heavy atom. The molecule has 0 fully saturated rings. The molecule has 2 heteroatoms. The van der Waals surface area contributed by atoms with Gasteiger partial charge >= 0.3 is 0 Å². The van der Waals surface area contributed by atoms with Crippen LogP contribution in [0.15, 0.2) is 127 Å². The molecule has 0 amide bonds. The fourth-order valence-electron chi connectivity index (χ4n) is 4.82. The zero-order valence-electron chi connectivity index (χ0n) is 18.9.